The Morgan fingerprint density at radius 3 is 0.488 bits per heavy atom. The molecule has 0 N–H and O–H groups in total. The van der Waals surface area contributed by atoms with Gasteiger partial charge in [-0.3, -0.25) is 0 Å². The average molecular weight is 1070 g/mol. The Morgan fingerprint density at radius 1 is 0.171 bits per heavy atom. The van der Waals surface area contributed by atoms with Gasteiger partial charge in [-0.15, -0.1) is 0 Å². The third kappa shape index (κ3) is 16.5. The van der Waals surface area contributed by atoms with Crippen LogP contribution in [0.3, 0.4) is 0 Å². The summed E-state index contributed by atoms with van der Waals surface area (Å²) in [6.45, 7) is 8.63. The van der Waals surface area contributed by atoms with E-state index >= 15 is 0 Å². The van der Waals surface area contributed by atoms with E-state index in [2.05, 4.69) is 280 Å². The predicted octanol–water partition coefficient (Wildman–Crippen LogP) is 21.8. The van der Waals surface area contributed by atoms with Crippen LogP contribution >= 0.6 is 0 Å². The van der Waals surface area contributed by atoms with E-state index in [4.69, 9.17) is 0 Å². The first-order valence-corrected chi connectivity index (χ1v) is 30.6. The number of aryl methyl sites for hydroxylation is 12. The average Bonchev–Trinajstić information content (AvgIpc) is 3.71. The molecule has 414 valence electrons. The molecule has 0 bridgehead atoms. The number of hydrogen-bond donors (Lipinski definition) is 0. The summed E-state index contributed by atoms with van der Waals surface area (Å²) >= 11 is 0. The third-order valence-electron chi connectivity index (χ3n) is 16.6. The molecule has 0 saturated carbocycles. The van der Waals surface area contributed by atoms with Crippen LogP contribution in [0.1, 0.15) is 118 Å². The van der Waals surface area contributed by atoms with Gasteiger partial charge in [0.05, 0.1) is 0 Å². The second-order valence-electron chi connectivity index (χ2n) is 23.2. The quantitative estimate of drug-likeness (QED) is 0.0474. The Kier molecular flexibility index (Phi) is 20.2. The van der Waals surface area contributed by atoms with Gasteiger partial charge in [0, 0.05) is 34.1 Å². The molecule has 0 unspecified atom stereocenters. The van der Waals surface area contributed by atoms with Crippen LogP contribution in [0.5, 0.6) is 0 Å². The molecular formula is C80H84N2. The number of anilines is 6. The van der Waals surface area contributed by atoms with Gasteiger partial charge in [0.15, 0.2) is 0 Å². The van der Waals surface area contributed by atoms with Crippen molar-refractivity contribution < 1.29 is 0 Å². The summed E-state index contributed by atoms with van der Waals surface area (Å²) in [5.41, 5.74) is 26.2. The molecule has 10 rings (SSSR count). The summed E-state index contributed by atoms with van der Waals surface area (Å²) in [5, 5.41) is 0. The number of benzene rings is 10. The maximum absolute atomic E-state index is 2.39. The van der Waals surface area contributed by atoms with Crippen LogP contribution < -0.4 is 9.80 Å². The van der Waals surface area contributed by atoms with E-state index in [1.54, 1.807) is 0 Å². The third-order valence-corrected chi connectivity index (χ3v) is 16.6. The van der Waals surface area contributed by atoms with Crippen molar-refractivity contribution in [3.05, 3.63) is 309 Å². The summed E-state index contributed by atoms with van der Waals surface area (Å²) in [7, 11) is 0. The molecule has 0 aliphatic heterocycles. The molecule has 0 atom stereocenters. The van der Waals surface area contributed by atoms with Crippen molar-refractivity contribution in [2.24, 2.45) is 0 Å². The Labute approximate surface area is 492 Å². The van der Waals surface area contributed by atoms with Crippen LogP contribution in [-0.2, 0) is 51.4 Å². The smallest absolute Gasteiger partial charge is 0.0461 e. The first kappa shape index (κ1) is 57.1. The number of nitrogens with zero attached hydrogens (tertiary/aromatic N) is 2. The molecule has 2 heteroatoms. The standard InChI is InChI=1S/C80H84N2/c1-61-21-29-65(30-22-61)13-5-9-17-69-37-53-77(54-38-69)81(75-49-25-63(3)26-50-75)79-57-41-71(42-58-79)19-11-7-15-67-33-45-73(46-34-67)74-47-35-68(36-48-74)16-8-12-20-72-43-59-80(60-44-72)82(76-51-27-64(4)28-52-76)78-55-39-70(40-56-78)18-10-6-14-66-31-23-62(2)24-32-66/h21-60H,5-20H2,1-4H3. The van der Waals surface area contributed by atoms with Crippen LogP contribution in [0, 0.1) is 27.7 Å². The summed E-state index contributed by atoms with van der Waals surface area (Å²) in [6, 6.07) is 91.3. The summed E-state index contributed by atoms with van der Waals surface area (Å²) < 4.78 is 0. The van der Waals surface area contributed by atoms with Gasteiger partial charge in [-0.2, -0.15) is 0 Å². The van der Waals surface area contributed by atoms with Gasteiger partial charge >= 0.3 is 0 Å². The minimum absolute atomic E-state index is 1.09. The first-order chi connectivity index (χ1) is 40.2. The molecule has 2 nitrogen and oxygen atoms in total. The molecule has 0 spiro atoms. The second kappa shape index (κ2) is 29.0. The minimum Gasteiger partial charge on any atom is -0.311 e. The zero-order valence-corrected chi connectivity index (χ0v) is 49.3. The lowest BCUT2D eigenvalue weighted by Crippen LogP contribution is -2.10. The van der Waals surface area contributed by atoms with E-state index in [-0.39, 0.29) is 0 Å². The number of rotatable bonds is 27. The summed E-state index contributed by atoms with van der Waals surface area (Å²) in [5.74, 6) is 0. The van der Waals surface area contributed by atoms with E-state index < -0.39 is 0 Å². The summed E-state index contributed by atoms with van der Waals surface area (Å²) in [4.78, 5) is 4.78. The molecule has 0 aromatic heterocycles. The van der Waals surface area contributed by atoms with E-state index in [0.29, 0.717) is 0 Å². The molecule has 82 heavy (non-hydrogen) atoms. The fourth-order valence-electron chi connectivity index (χ4n) is 11.4. The van der Waals surface area contributed by atoms with Gasteiger partial charge < -0.3 is 9.80 Å². The molecule has 0 aliphatic rings. The molecule has 0 radical (unpaired) electrons. The molecule has 10 aromatic carbocycles. The molecule has 0 aliphatic carbocycles. The molecule has 0 heterocycles. The molecule has 0 fully saturated rings. The largest absolute Gasteiger partial charge is 0.311 e. The second-order valence-corrected chi connectivity index (χ2v) is 23.2. The van der Waals surface area contributed by atoms with Crippen molar-refractivity contribution in [1.29, 1.82) is 0 Å². The van der Waals surface area contributed by atoms with Crippen LogP contribution in [0.15, 0.2) is 243 Å². The van der Waals surface area contributed by atoms with Gasteiger partial charge in [-0.05, 0) is 259 Å². The normalized spacial score (nSPS) is 11.2. The summed E-state index contributed by atoms with van der Waals surface area (Å²) in [6.07, 6.45) is 18.4. The van der Waals surface area contributed by atoms with Crippen molar-refractivity contribution in [2.75, 3.05) is 9.80 Å². The highest BCUT2D eigenvalue weighted by Gasteiger charge is 2.15. The molecule has 0 amide bonds. The monoisotopic (exact) mass is 1070 g/mol. The van der Waals surface area contributed by atoms with Gasteiger partial charge in [0.2, 0.25) is 0 Å². The lowest BCUT2D eigenvalue weighted by atomic mass is 9.98. The zero-order valence-electron chi connectivity index (χ0n) is 49.3. The van der Waals surface area contributed by atoms with Crippen molar-refractivity contribution in [3.63, 3.8) is 0 Å². The Hall–Kier alpha value is -8.20. The zero-order chi connectivity index (χ0) is 56.3. The topological polar surface area (TPSA) is 6.48 Å². The van der Waals surface area contributed by atoms with Crippen LogP contribution in [-0.4, -0.2) is 0 Å². The van der Waals surface area contributed by atoms with E-state index in [1.165, 1.54) is 163 Å². The van der Waals surface area contributed by atoms with Crippen molar-refractivity contribution >= 4 is 34.1 Å². The SMILES string of the molecule is Cc1ccc(CCCCc2ccc(N(c3ccc(C)cc3)c3ccc(CCCCc4ccc(-c5ccc(CCCCc6ccc(N(c7ccc(C)cc7)c7ccc(CCCCc8ccc(C)cc8)cc7)cc6)cc5)cc4)cc3)cc2)cc1. The van der Waals surface area contributed by atoms with Crippen molar-refractivity contribution in [2.45, 2.75) is 130 Å². The van der Waals surface area contributed by atoms with Gasteiger partial charge in [0.25, 0.3) is 0 Å². The maximum atomic E-state index is 2.39. The highest BCUT2D eigenvalue weighted by Crippen LogP contribution is 2.37. The minimum atomic E-state index is 1.09. The maximum Gasteiger partial charge on any atom is 0.0461 e. The fourth-order valence-corrected chi connectivity index (χ4v) is 11.4. The molecular weight excluding hydrogens is 989 g/mol. The Morgan fingerprint density at radius 2 is 0.305 bits per heavy atom. The van der Waals surface area contributed by atoms with Crippen LogP contribution in [0.4, 0.5) is 34.1 Å². The van der Waals surface area contributed by atoms with E-state index in [1.807, 2.05) is 0 Å². The van der Waals surface area contributed by atoms with Crippen molar-refractivity contribution in [1.82, 2.24) is 0 Å². The van der Waals surface area contributed by atoms with Crippen molar-refractivity contribution in [3.8, 4) is 11.1 Å². The van der Waals surface area contributed by atoms with Crippen LogP contribution in [0.2, 0.25) is 0 Å². The lowest BCUT2D eigenvalue weighted by molar-refractivity contribution is 0.734. The number of unbranched alkanes of at least 4 members (excludes halogenated alkanes) is 4. The molecule has 10 aromatic rings. The van der Waals surface area contributed by atoms with Gasteiger partial charge in [-0.1, -0.05) is 192 Å². The van der Waals surface area contributed by atoms with Gasteiger partial charge in [-0.25, -0.2) is 0 Å². The highest BCUT2D eigenvalue weighted by molar-refractivity contribution is 5.78. The fraction of sp³-hybridized carbons (Fsp3) is 0.250. The lowest BCUT2D eigenvalue weighted by Gasteiger charge is -2.26. The van der Waals surface area contributed by atoms with Gasteiger partial charge in [0.1, 0.15) is 0 Å². The highest BCUT2D eigenvalue weighted by atomic mass is 15.1. The Bertz CT molecular complexity index is 3230. The van der Waals surface area contributed by atoms with Crippen LogP contribution in [0.25, 0.3) is 11.1 Å². The first-order valence-electron chi connectivity index (χ1n) is 30.6. The van der Waals surface area contributed by atoms with E-state index in [9.17, 15) is 0 Å². The predicted molar refractivity (Wildman–Crippen MR) is 353 cm³/mol. The number of hydrogen-bond acceptors (Lipinski definition) is 2. The Balaban J connectivity index is 0.649. The molecule has 0 saturated heterocycles. The van der Waals surface area contributed by atoms with E-state index in [0.717, 1.165) is 51.4 Å².